The Bertz CT molecular complexity index is 282. The average Bonchev–Trinajstić information content (AvgIpc) is 2.27. The third-order valence-corrected chi connectivity index (χ3v) is 2.55. The molecule has 0 amide bonds. The van der Waals surface area contributed by atoms with Crippen molar-refractivity contribution in [3.8, 4) is 0 Å². The lowest BCUT2D eigenvalue weighted by molar-refractivity contribution is -0.188. The Morgan fingerprint density at radius 3 is 1.94 bits per heavy atom. The van der Waals surface area contributed by atoms with Gasteiger partial charge >= 0.3 is 11.9 Å². The van der Waals surface area contributed by atoms with E-state index in [1.807, 2.05) is 13.8 Å². The lowest BCUT2D eigenvalue weighted by Gasteiger charge is -2.33. The third-order valence-electron chi connectivity index (χ3n) is 2.55. The molecule has 0 saturated heterocycles. The van der Waals surface area contributed by atoms with Crippen LogP contribution in [0, 0.1) is 5.41 Å². The van der Waals surface area contributed by atoms with Crippen molar-refractivity contribution in [2.24, 2.45) is 5.41 Å². The van der Waals surface area contributed by atoms with Crippen LogP contribution in [0.5, 0.6) is 0 Å². The second kappa shape index (κ2) is 7.33. The SMILES string of the molecule is COC(=O)C(CC(C)(C)C(OC)OC)OC(C)=O. The molecule has 0 aliphatic carbocycles. The highest BCUT2D eigenvalue weighted by molar-refractivity contribution is 5.78. The van der Waals surface area contributed by atoms with Crippen molar-refractivity contribution in [1.82, 2.24) is 0 Å². The topological polar surface area (TPSA) is 71.1 Å². The lowest BCUT2D eigenvalue weighted by atomic mass is 9.85. The summed E-state index contributed by atoms with van der Waals surface area (Å²) in [6.45, 7) is 4.95. The summed E-state index contributed by atoms with van der Waals surface area (Å²) >= 11 is 0. The van der Waals surface area contributed by atoms with Gasteiger partial charge in [-0.1, -0.05) is 13.8 Å². The first-order valence-electron chi connectivity index (χ1n) is 5.59. The van der Waals surface area contributed by atoms with Gasteiger partial charge in [-0.2, -0.15) is 0 Å². The normalized spacial score (nSPS) is 13.3. The highest BCUT2D eigenvalue weighted by Gasteiger charge is 2.37. The van der Waals surface area contributed by atoms with Gasteiger partial charge in [-0.25, -0.2) is 4.79 Å². The summed E-state index contributed by atoms with van der Waals surface area (Å²) < 4.78 is 19.9. The molecule has 0 radical (unpaired) electrons. The van der Waals surface area contributed by atoms with Crippen LogP contribution in [-0.4, -0.2) is 45.7 Å². The van der Waals surface area contributed by atoms with Gasteiger partial charge in [0.2, 0.25) is 0 Å². The minimum absolute atomic E-state index is 0.242. The average molecular weight is 262 g/mol. The van der Waals surface area contributed by atoms with Crippen LogP contribution in [0.15, 0.2) is 0 Å². The fourth-order valence-corrected chi connectivity index (χ4v) is 1.81. The molecule has 0 heterocycles. The fraction of sp³-hybridized carbons (Fsp3) is 0.833. The van der Waals surface area contributed by atoms with Crippen LogP contribution < -0.4 is 0 Å². The first-order valence-corrected chi connectivity index (χ1v) is 5.59. The van der Waals surface area contributed by atoms with Crippen molar-refractivity contribution in [3.63, 3.8) is 0 Å². The molecule has 1 atom stereocenters. The van der Waals surface area contributed by atoms with Crippen LogP contribution in [0.3, 0.4) is 0 Å². The largest absolute Gasteiger partial charge is 0.466 e. The molecule has 6 heteroatoms. The van der Waals surface area contributed by atoms with Crippen LogP contribution in [-0.2, 0) is 28.5 Å². The third kappa shape index (κ3) is 5.01. The van der Waals surface area contributed by atoms with Gasteiger partial charge in [-0.3, -0.25) is 4.79 Å². The van der Waals surface area contributed by atoms with Gasteiger partial charge in [-0.15, -0.1) is 0 Å². The second-order valence-electron chi connectivity index (χ2n) is 4.62. The molecular formula is C12H22O6. The van der Waals surface area contributed by atoms with Crippen molar-refractivity contribution in [2.75, 3.05) is 21.3 Å². The molecule has 0 aromatic heterocycles. The first kappa shape index (κ1) is 16.9. The Hall–Kier alpha value is -1.14. The lowest BCUT2D eigenvalue weighted by Crippen LogP contribution is -2.40. The minimum Gasteiger partial charge on any atom is -0.466 e. The van der Waals surface area contributed by atoms with Crippen molar-refractivity contribution in [3.05, 3.63) is 0 Å². The molecule has 18 heavy (non-hydrogen) atoms. The van der Waals surface area contributed by atoms with Gasteiger partial charge in [0.05, 0.1) is 7.11 Å². The summed E-state index contributed by atoms with van der Waals surface area (Å²) in [5.41, 5.74) is -0.516. The van der Waals surface area contributed by atoms with Gasteiger partial charge in [0.15, 0.2) is 12.4 Å². The predicted octanol–water partition coefficient (Wildman–Crippen LogP) is 1.13. The van der Waals surface area contributed by atoms with E-state index < -0.39 is 29.7 Å². The van der Waals surface area contributed by atoms with Gasteiger partial charge < -0.3 is 18.9 Å². The molecule has 1 unspecified atom stereocenters. The highest BCUT2D eigenvalue weighted by atomic mass is 16.7. The van der Waals surface area contributed by atoms with E-state index in [1.54, 1.807) is 0 Å². The van der Waals surface area contributed by atoms with Gasteiger partial charge in [0, 0.05) is 33.0 Å². The molecule has 6 nitrogen and oxygen atoms in total. The second-order valence-corrected chi connectivity index (χ2v) is 4.62. The fourth-order valence-electron chi connectivity index (χ4n) is 1.81. The number of carbonyl (C=O) groups excluding carboxylic acids is 2. The van der Waals surface area contributed by atoms with E-state index in [0.717, 1.165) is 0 Å². The van der Waals surface area contributed by atoms with Gasteiger partial charge in [0.1, 0.15) is 0 Å². The molecular weight excluding hydrogens is 240 g/mol. The van der Waals surface area contributed by atoms with E-state index in [0.29, 0.717) is 0 Å². The Morgan fingerprint density at radius 2 is 1.61 bits per heavy atom. The van der Waals surface area contributed by atoms with E-state index in [4.69, 9.17) is 14.2 Å². The summed E-state index contributed by atoms with van der Waals surface area (Å²) in [7, 11) is 4.26. The quantitative estimate of drug-likeness (QED) is 0.506. The van der Waals surface area contributed by atoms with Crippen molar-refractivity contribution in [1.29, 1.82) is 0 Å². The van der Waals surface area contributed by atoms with Crippen molar-refractivity contribution < 1.29 is 28.5 Å². The molecule has 0 rings (SSSR count). The number of methoxy groups -OCH3 is 3. The molecule has 106 valence electrons. The molecule has 0 fully saturated rings. The van der Waals surface area contributed by atoms with Crippen molar-refractivity contribution >= 4 is 11.9 Å². The molecule has 0 aromatic rings. The minimum atomic E-state index is -0.963. The van der Waals surface area contributed by atoms with Crippen molar-refractivity contribution in [2.45, 2.75) is 39.6 Å². The number of hydrogen-bond acceptors (Lipinski definition) is 6. The van der Waals surface area contributed by atoms with E-state index in [9.17, 15) is 9.59 Å². The molecule has 0 aromatic carbocycles. The summed E-state index contributed by atoms with van der Waals surface area (Å²) in [5.74, 6) is -1.13. The maximum atomic E-state index is 11.5. The molecule has 0 N–H and O–H groups in total. The Kier molecular flexibility index (Phi) is 6.86. The van der Waals surface area contributed by atoms with E-state index >= 15 is 0 Å². The summed E-state index contributed by atoms with van der Waals surface area (Å²) in [6.07, 6.45) is -1.23. The maximum Gasteiger partial charge on any atom is 0.347 e. The zero-order chi connectivity index (χ0) is 14.3. The zero-order valence-electron chi connectivity index (χ0n) is 11.8. The van der Waals surface area contributed by atoms with Crippen LogP contribution in [0.1, 0.15) is 27.2 Å². The van der Waals surface area contributed by atoms with Crippen LogP contribution >= 0.6 is 0 Å². The Labute approximate surface area is 108 Å². The number of rotatable bonds is 7. The number of esters is 2. The van der Waals surface area contributed by atoms with E-state index in [1.165, 1.54) is 28.3 Å². The van der Waals surface area contributed by atoms with Gasteiger partial charge in [-0.05, 0) is 0 Å². The first-order chi connectivity index (χ1) is 8.28. The molecule has 0 aliphatic heterocycles. The zero-order valence-corrected chi connectivity index (χ0v) is 11.8. The Morgan fingerprint density at radius 1 is 1.11 bits per heavy atom. The highest BCUT2D eigenvalue weighted by Crippen LogP contribution is 2.30. The monoisotopic (exact) mass is 262 g/mol. The summed E-state index contributed by atoms with van der Waals surface area (Å²) in [4.78, 5) is 22.5. The van der Waals surface area contributed by atoms with Gasteiger partial charge in [0.25, 0.3) is 0 Å². The van der Waals surface area contributed by atoms with E-state index in [-0.39, 0.29) is 6.42 Å². The van der Waals surface area contributed by atoms with Crippen LogP contribution in [0.4, 0.5) is 0 Å². The smallest absolute Gasteiger partial charge is 0.347 e. The number of ether oxygens (including phenoxy) is 4. The molecule has 0 aliphatic rings. The number of carbonyl (C=O) groups is 2. The van der Waals surface area contributed by atoms with Crippen LogP contribution in [0.25, 0.3) is 0 Å². The standard InChI is InChI=1S/C12H22O6/c1-8(13)18-9(10(14)15-4)7-12(2,3)11(16-5)17-6/h9,11H,7H2,1-6H3. The van der Waals surface area contributed by atoms with Crippen LogP contribution in [0.2, 0.25) is 0 Å². The predicted molar refractivity (Wildman–Crippen MR) is 63.8 cm³/mol. The number of hydrogen-bond donors (Lipinski definition) is 0. The molecule has 0 saturated carbocycles. The maximum absolute atomic E-state index is 11.5. The van der Waals surface area contributed by atoms with E-state index in [2.05, 4.69) is 4.74 Å². The molecule has 0 spiro atoms. The molecule has 0 bridgehead atoms. The summed E-state index contributed by atoms with van der Waals surface area (Å²) in [6, 6.07) is 0. The summed E-state index contributed by atoms with van der Waals surface area (Å²) in [5, 5.41) is 0. The Balaban J connectivity index is 4.84.